The number of hydrogen-bond donors (Lipinski definition) is 0. The molecule has 0 N–H and O–H groups in total. The van der Waals surface area contributed by atoms with Crippen molar-refractivity contribution in [2.24, 2.45) is 0 Å². The molecule has 0 saturated carbocycles. The first-order valence-electron chi connectivity index (χ1n) is 12.1. The van der Waals surface area contributed by atoms with Crippen LogP contribution >= 0.6 is 15.9 Å². The van der Waals surface area contributed by atoms with Gasteiger partial charge < -0.3 is 9.16 Å². The fourth-order valence-electron chi connectivity index (χ4n) is 4.54. The molecule has 3 rings (SSSR count). The van der Waals surface area contributed by atoms with Crippen LogP contribution < -0.4 is 10.4 Å². The number of carbonyl (C=O) groups excluding carboxylic acids is 1. The lowest BCUT2D eigenvalue weighted by atomic mass is 10.1. The average Bonchev–Trinajstić information content (AvgIpc) is 2.84. The summed E-state index contributed by atoms with van der Waals surface area (Å²) in [5.41, 5.74) is 0.557. The number of hydrogen-bond acceptors (Lipinski definition) is 3. The van der Waals surface area contributed by atoms with Gasteiger partial charge in [-0.25, -0.2) is 4.79 Å². The van der Waals surface area contributed by atoms with Crippen LogP contribution in [0.15, 0.2) is 102 Å². The predicted octanol–water partition coefficient (Wildman–Crippen LogP) is 6.87. The van der Waals surface area contributed by atoms with Crippen LogP contribution in [0.2, 0.25) is 5.04 Å². The second-order valence-corrected chi connectivity index (χ2v) is 15.2. The Morgan fingerprint density at radius 2 is 1.37 bits per heavy atom. The van der Waals surface area contributed by atoms with Gasteiger partial charge in [-0.2, -0.15) is 0 Å². The first-order valence-corrected chi connectivity index (χ1v) is 14.8. The SMILES string of the molecule is C=C(Br)C[C@H](CCCO[Si](c1ccccc1)(c1ccccc1)C(C)(C)C)OC(=O)c1ccccc1. The maximum atomic E-state index is 12.6. The quantitative estimate of drug-likeness (QED) is 0.148. The third-order valence-corrected chi connectivity index (χ3v) is 11.5. The van der Waals surface area contributed by atoms with Gasteiger partial charge in [0.15, 0.2) is 0 Å². The van der Waals surface area contributed by atoms with E-state index in [1.807, 2.05) is 18.2 Å². The molecule has 0 spiro atoms. The van der Waals surface area contributed by atoms with E-state index < -0.39 is 8.32 Å². The summed E-state index contributed by atoms with van der Waals surface area (Å²) >= 11 is 3.44. The Labute approximate surface area is 219 Å². The van der Waals surface area contributed by atoms with Crippen LogP contribution in [0.1, 0.15) is 50.4 Å². The molecule has 3 aromatic rings. The molecular weight excluding hydrogens is 516 g/mol. The number of esters is 1. The summed E-state index contributed by atoms with van der Waals surface area (Å²) in [7, 11) is -2.57. The number of ether oxygens (including phenoxy) is 1. The fourth-order valence-corrected chi connectivity index (χ4v) is 9.51. The van der Waals surface area contributed by atoms with Gasteiger partial charge in [-0.3, -0.25) is 0 Å². The normalized spacial score (nSPS) is 12.7. The standard InChI is InChI=1S/C30H35BrO3Si/c1-24(31)23-26(34-29(32)25-15-8-5-9-16-25)17-14-22-33-35(30(2,3)4,27-18-10-6-11-19-27)28-20-12-7-13-21-28/h5-13,15-16,18-21,26H,1,14,17,22-23H2,2-4H3/t26-/m0/s1. The molecule has 35 heavy (non-hydrogen) atoms. The van der Waals surface area contributed by atoms with Crippen molar-refractivity contribution in [3.05, 3.63) is 108 Å². The minimum absolute atomic E-state index is 0.0704. The molecule has 3 aromatic carbocycles. The smallest absolute Gasteiger partial charge is 0.338 e. The zero-order valence-corrected chi connectivity index (χ0v) is 23.5. The summed E-state index contributed by atoms with van der Waals surface area (Å²) in [5.74, 6) is -0.308. The maximum Gasteiger partial charge on any atom is 0.338 e. The van der Waals surface area contributed by atoms with E-state index in [1.54, 1.807) is 12.1 Å². The topological polar surface area (TPSA) is 35.5 Å². The van der Waals surface area contributed by atoms with Gasteiger partial charge >= 0.3 is 5.97 Å². The van der Waals surface area contributed by atoms with Crippen molar-refractivity contribution in [2.75, 3.05) is 6.61 Å². The second kappa shape index (κ2) is 12.5. The fraction of sp³-hybridized carbons (Fsp3) is 0.300. The lowest BCUT2D eigenvalue weighted by molar-refractivity contribution is 0.0274. The van der Waals surface area contributed by atoms with E-state index in [0.29, 0.717) is 25.0 Å². The van der Waals surface area contributed by atoms with Crippen LogP contribution in [-0.4, -0.2) is 27.0 Å². The van der Waals surface area contributed by atoms with Crippen molar-refractivity contribution in [2.45, 2.75) is 51.2 Å². The Morgan fingerprint density at radius 3 is 1.83 bits per heavy atom. The molecule has 0 radical (unpaired) electrons. The molecule has 0 aromatic heterocycles. The van der Waals surface area contributed by atoms with E-state index >= 15 is 0 Å². The van der Waals surface area contributed by atoms with E-state index in [2.05, 4.69) is 104 Å². The molecule has 0 fully saturated rings. The van der Waals surface area contributed by atoms with Crippen LogP contribution in [0.5, 0.6) is 0 Å². The van der Waals surface area contributed by atoms with Crippen molar-refractivity contribution in [1.29, 1.82) is 0 Å². The highest BCUT2D eigenvalue weighted by molar-refractivity contribution is 9.11. The van der Waals surface area contributed by atoms with Gasteiger partial charge in [0.05, 0.1) is 5.56 Å². The first kappa shape index (κ1) is 27.1. The number of halogens is 1. The number of carbonyl (C=O) groups is 1. The predicted molar refractivity (Wildman–Crippen MR) is 151 cm³/mol. The first-order chi connectivity index (χ1) is 16.7. The molecule has 0 amide bonds. The van der Waals surface area contributed by atoms with Gasteiger partial charge in [0.1, 0.15) is 6.10 Å². The molecule has 0 aliphatic carbocycles. The zero-order chi connectivity index (χ0) is 25.3. The molecular formula is C30H35BrO3Si. The van der Waals surface area contributed by atoms with Gasteiger partial charge in [-0.1, -0.05) is 122 Å². The second-order valence-electron chi connectivity index (χ2n) is 9.77. The van der Waals surface area contributed by atoms with Crippen molar-refractivity contribution < 1.29 is 14.0 Å². The minimum Gasteiger partial charge on any atom is -0.458 e. The Kier molecular flexibility index (Phi) is 9.67. The molecule has 0 heterocycles. The summed E-state index contributed by atoms with van der Waals surface area (Å²) in [5, 5.41) is 2.46. The highest BCUT2D eigenvalue weighted by atomic mass is 79.9. The highest BCUT2D eigenvalue weighted by Gasteiger charge is 2.49. The minimum atomic E-state index is -2.57. The monoisotopic (exact) mass is 550 g/mol. The van der Waals surface area contributed by atoms with E-state index in [4.69, 9.17) is 9.16 Å². The van der Waals surface area contributed by atoms with Gasteiger partial charge in [0.25, 0.3) is 8.32 Å². The summed E-state index contributed by atoms with van der Waals surface area (Å²) in [4.78, 5) is 12.6. The van der Waals surface area contributed by atoms with Gasteiger partial charge in [-0.15, -0.1) is 0 Å². The number of benzene rings is 3. The lowest BCUT2D eigenvalue weighted by Crippen LogP contribution is -2.66. The molecule has 184 valence electrons. The molecule has 5 heteroatoms. The van der Waals surface area contributed by atoms with E-state index in [9.17, 15) is 4.79 Å². The highest BCUT2D eigenvalue weighted by Crippen LogP contribution is 2.37. The van der Waals surface area contributed by atoms with Crippen LogP contribution in [0, 0.1) is 0 Å². The molecule has 0 saturated heterocycles. The van der Waals surface area contributed by atoms with Crippen molar-refractivity contribution in [1.82, 2.24) is 0 Å². The Balaban J connectivity index is 1.77. The Morgan fingerprint density at radius 1 is 0.886 bits per heavy atom. The van der Waals surface area contributed by atoms with Crippen LogP contribution in [0.4, 0.5) is 0 Å². The van der Waals surface area contributed by atoms with Gasteiger partial charge in [-0.05, 0) is 44.9 Å². The molecule has 0 unspecified atom stereocenters. The van der Waals surface area contributed by atoms with Gasteiger partial charge in [0.2, 0.25) is 0 Å². The van der Waals surface area contributed by atoms with Crippen molar-refractivity contribution in [3.8, 4) is 0 Å². The van der Waals surface area contributed by atoms with E-state index in [-0.39, 0.29) is 17.1 Å². The van der Waals surface area contributed by atoms with Gasteiger partial charge in [0, 0.05) is 13.0 Å². The summed E-state index contributed by atoms with van der Waals surface area (Å²) in [6, 6.07) is 30.4. The molecule has 1 atom stereocenters. The molecule has 0 aliphatic heterocycles. The van der Waals surface area contributed by atoms with Crippen molar-refractivity contribution >= 4 is 40.6 Å². The molecule has 0 bridgehead atoms. The zero-order valence-electron chi connectivity index (χ0n) is 20.9. The third kappa shape index (κ3) is 7.03. The third-order valence-electron chi connectivity index (χ3n) is 6.14. The number of rotatable bonds is 11. The summed E-state index contributed by atoms with van der Waals surface area (Å²) in [6.07, 6.45) is 1.77. The maximum absolute atomic E-state index is 12.6. The van der Waals surface area contributed by atoms with E-state index in [0.717, 1.165) is 10.9 Å². The summed E-state index contributed by atoms with van der Waals surface area (Å²) < 4.78 is 13.6. The molecule has 3 nitrogen and oxygen atoms in total. The van der Waals surface area contributed by atoms with Crippen LogP contribution in [0.3, 0.4) is 0 Å². The molecule has 0 aliphatic rings. The summed E-state index contributed by atoms with van der Waals surface area (Å²) in [6.45, 7) is 11.4. The Bertz CT molecular complexity index is 1040. The Hall–Kier alpha value is -2.47. The van der Waals surface area contributed by atoms with Crippen molar-refractivity contribution in [3.63, 3.8) is 0 Å². The van der Waals surface area contributed by atoms with E-state index in [1.165, 1.54) is 10.4 Å². The largest absolute Gasteiger partial charge is 0.458 e. The van der Waals surface area contributed by atoms with Crippen LogP contribution in [0.25, 0.3) is 0 Å². The average molecular weight is 552 g/mol. The lowest BCUT2D eigenvalue weighted by Gasteiger charge is -2.43. The van der Waals surface area contributed by atoms with Crippen LogP contribution in [-0.2, 0) is 9.16 Å².